The number of pyridine rings is 1. The normalized spacial score (nSPS) is 19.6. The van der Waals surface area contributed by atoms with Crippen molar-refractivity contribution in [2.75, 3.05) is 49.6 Å². The van der Waals surface area contributed by atoms with Gasteiger partial charge in [0.05, 0.1) is 29.7 Å². The number of non-ortho nitro benzene ring substituents is 1. The average molecular weight is 490 g/mol. The molecule has 1 aromatic carbocycles. The van der Waals surface area contributed by atoms with Crippen LogP contribution < -0.4 is 10.2 Å². The topological polar surface area (TPSA) is 135 Å². The molecule has 4 rings (SSSR count). The highest BCUT2D eigenvalue weighted by Crippen LogP contribution is 2.34. The van der Waals surface area contributed by atoms with E-state index in [-0.39, 0.29) is 48.7 Å². The van der Waals surface area contributed by atoms with Crippen LogP contribution in [-0.2, 0) is 19.6 Å². The van der Waals surface area contributed by atoms with Gasteiger partial charge < -0.3 is 15.0 Å². The third-order valence-electron chi connectivity index (χ3n) is 6.01. The van der Waals surface area contributed by atoms with Crippen molar-refractivity contribution in [1.29, 1.82) is 0 Å². The van der Waals surface area contributed by atoms with E-state index >= 15 is 0 Å². The van der Waals surface area contributed by atoms with Gasteiger partial charge in [0.2, 0.25) is 15.9 Å². The van der Waals surface area contributed by atoms with Crippen molar-refractivity contribution >= 4 is 33.1 Å². The van der Waals surface area contributed by atoms with Crippen LogP contribution in [-0.4, -0.2) is 67.9 Å². The lowest BCUT2D eigenvalue weighted by atomic mass is 9.96. The molecule has 182 valence electrons. The SMILES string of the molecule is Cc1cccc(NC(=O)[C@H]2CCCN(c3ccc([N+](=O)[O-])cc3S(=O)(=O)N3CCOCC3)C2)n1. The summed E-state index contributed by atoms with van der Waals surface area (Å²) in [6.07, 6.45) is 1.32. The van der Waals surface area contributed by atoms with Crippen molar-refractivity contribution in [3.63, 3.8) is 0 Å². The minimum absolute atomic E-state index is 0.120. The lowest BCUT2D eigenvalue weighted by Crippen LogP contribution is -2.43. The van der Waals surface area contributed by atoms with Gasteiger partial charge in [-0.1, -0.05) is 6.07 Å². The number of piperidine rings is 1. The number of aromatic nitrogens is 1. The van der Waals surface area contributed by atoms with E-state index < -0.39 is 14.9 Å². The first kappa shape index (κ1) is 24.0. The fourth-order valence-corrected chi connectivity index (χ4v) is 5.90. The van der Waals surface area contributed by atoms with Gasteiger partial charge in [0.15, 0.2) is 0 Å². The average Bonchev–Trinajstić information content (AvgIpc) is 2.84. The summed E-state index contributed by atoms with van der Waals surface area (Å²) in [4.78, 5) is 29.7. The monoisotopic (exact) mass is 489 g/mol. The number of anilines is 2. The number of hydrogen-bond donors (Lipinski definition) is 1. The van der Waals surface area contributed by atoms with Crippen LogP contribution in [0.4, 0.5) is 17.2 Å². The second-order valence-electron chi connectivity index (χ2n) is 8.36. The molecule has 2 fully saturated rings. The van der Waals surface area contributed by atoms with Crippen molar-refractivity contribution in [2.45, 2.75) is 24.7 Å². The highest BCUT2D eigenvalue weighted by atomic mass is 32.2. The van der Waals surface area contributed by atoms with Gasteiger partial charge in [-0.3, -0.25) is 14.9 Å². The lowest BCUT2D eigenvalue weighted by molar-refractivity contribution is -0.385. The van der Waals surface area contributed by atoms with E-state index in [0.717, 1.165) is 11.8 Å². The van der Waals surface area contributed by atoms with E-state index in [1.54, 1.807) is 6.07 Å². The van der Waals surface area contributed by atoms with Crippen LogP contribution in [0.3, 0.4) is 0 Å². The molecule has 2 aliphatic heterocycles. The van der Waals surface area contributed by atoms with Gasteiger partial charge in [-0.2, -0.15) is 4.31 Å². The minimum atomic E-state index is -3.99. The number of nitrogens with one attached hydrogen (secondary N) is 1. The maximum absolute atomic E-state index is 13.4. The third kappa shape index (κ3) is 5.18. The summed E-state index contributed by atoms with van der Waals surface area (Å²) in [5.74, 6) is -0.111. The highest BCUT2D eigenvalue weighted by Gasteiger charge is 2.34. The zero-order chi connectivity index (χ0) is 24.3. The first-order chi connectivity index (χ1) is 16.3. The molecule has 2 saturated heterocycles. The fraction of sp³-hybridized carbons (Fsp3) is 0.455. The second kappa shape index (κ2) is 10.0. The Morgan fingerprint density at radius 3 is 2.68 bits per heavy atom. The van der Waals surface area contributed by atoms with Gasteiger partial charge in [0.25, 0.3) is 5.69 Å². The summed E-state index contributed by atoms with van der Waals surface area (Å²) in [6, 6.07) is 9.24. The first-order valence-electron chi connectivity index (χ1n) is 11.1. The summed E-state index contributed by atoms with van der Waals surface area (Å²) < 4.78 is 33.4. The Labute approximate surface area is 197 Å². The van der Waals surface area contributed by atoms with Crippen molar-refractivity contribution in [3.05, 3.63) is 52.2 Å². The molecular formula is C22H27N5O6S. The molecule has 34 heavy (non-hydrogen) atoms. The molecule has 3 heterocycles. The van der Waals surface area contributed by atoms with Gasteiger partial charge >= 0.3 is 0 Å². The quantitative estimate of drug-likeness (QED) is 0.482. The van der Waals surface area contributed by atoms with Gasteiger partial charge in [0.1, 0.15) is 10.7 Å². The number of benzene rings is 1. The van der Waals surface area contributed by atoms with Crippen LogP contribution >= 0.6 is 0 Å². The molecule has 2 aromatic rings. The zero-order valence-electron chi connectivity index (χ0n) is 18.8. The highest BCUT2D eigenvalue weighted by molar-refractivity contribution is 7.89. The number of aryl methyl sites for hydroxylation is 1. The number of rotatable bonds is 6. The first-order valence-corrected chi connectivity index (χ1v) is 12.6. The molecule has 1 N–H and O–H groups in total. The Kier molecular flexibility index (Phi) is 7.10. The summed E-state index contributed by atoms with van der Waals surface area (Å²) in [7, 11) is -3.99. The standard InChI is InChI=1S/C22H27N5O6S/c1-16-4-2-6-21(23-16)24-22(28)17-5-3-9-25(15-17)19-8-7-18(27(29)30)14-20(19)34(31,32)26-10-12-33-13-11-26/h2,4,6-8,14,17H,3,5,9-13,15H2,1H3,(H,23,24,28)/t17-/m0/s1. The van der Waals surface area contributed by atoms with Gasteiger partial charge in [-0.15, -0.1) is 0 Å². The largest absolute Gasteiger partial charge is 0.379 e. The molecule has 0 unspecified atom stereocenters. The molecule has 0 aliphatic carbocycles. The van der Waals surface area contributed by atoms with Crippen molar-refractivity contribution in [1.82, 2.24) is 9.29 Å². The fourth-order valence-electron chi connectivity index (χ4n) is 4.26. The maximum atomic E-state index is 13.4. The second-order valence-corrected chi connectivity index (χ2v) is 10.3. The van der Waals surface area contributed by atoms with Crippen LogP contribution in [0.2, 0.25) is 0 Å². The molecule has 1 aromatic heterocycles. The number of carbonyl (C=O) groups excluding carboxylic acids is 1. The summed E-state index contributed by atoms with van der Waals surface area (Å²) in [5, 5.41) is 14.2. The molecule has 1 amide bonds. The molecule has 12 heteroatoms. The number of carbonyl (C=O) groups is 1. The number of nitro benzene ring substituents is 1. The number of amides is 1. The smallest absolute Gasteiger partial charge is 0.270 e. The molecule has 0 spiro atoms. The number of morpholine rings is 1. The number of hydrogen-bond acceptors (Lipinski definition) is 8. The van der Waals surface area contributed by atoms with Crippen LogP contribution in [0.5, 0.6) is 0 Å². The summed E-state index contributed by atoms with van der Waals surface area (Å²) in [5.41, 5.74) is 0.850. The minimum Gasteiger partial charge on any atom is -0.379 e. The number of ether oxygens (including phenoxy) is 1. The molecule has 1 atom stereocenters. The summed E-state index contributed by atoms with van der Waals surface area (Å²) >= 11 is 0. The number of nitro groups is 1. The van der Waals surface area contributed by atoms with Crippen molar-refractivity contribution in [2.24, 2.45) is 5.92 Å². The zero-order valence-corrected chi connectivity index (χ0v) is 19.7. The lowest BCUT2D eigenvalue weighted by Gasteiger charge is -2.35. The molecule has 2 aliphatic rings. The van der Waals surface area contributed by atoms with Gasteiger partial charge in [-0.25, -0.2) is 13.4 Å². The summed E-state index contributed by atoms with van der Waals surface area (Å²) in [6.45, 7) is 3.56. The maximum Gasteiger partial charge on any atom is 0.270 e. The Balaban J connectivity index is 1.61. The van der Waals surface area contributed by atoms with E-state index in [0.29, 0.717) is 37.4 Å². The number of nitrogens with zero attached hydrogens (tertiary/aromatic N) is 4. The van der Waals surface area contributed by atoms with Crippen LogP contribution in [0, 0.1) is 23.0 Å². The van der Waals surface area contributed by atoms with Crippen LogP contribution in [0.15, 0.2) is 41.3 Å². The molecule has 0 radical (unpaired) electrons. The van der Waals surface area contributed by atoms with Gasteiger partial charge in [-0.05, 0) is 38.0 Å². The predicted octanol–water partition coefficient (Wildman–Crippen LogP) is 2.17. The van der Waals surface area contributed by atoms with E-state index in [9.17, 15) is 23.3 Å². The molecular weight excluding hydrogens is 462 g/mol. The van der Waals surface area contributed by atoms with E-state index in [1.807, 2.05) is 24.0 Å². The van der Waals surface area contributed by atoms with Crippen molar-refractivity contribution < 1.29 is 22.9 Å². The Morgan fingerprint density at radius 2 is 1.97 bits per heavy atom. The van der Waals surface area contributed by atoms with Gasteiger partial charge in [0, 0.05) is 44.0 Å². The molecule has 0 bridgehead atoms. The van der Waals surface area contributed by atoms with E-state index in [2.05, 4.69) is 10.3 Å². The molecule has 0 saturated carbocycles. The van der Waals surface area contributed by atoms with E-state index in [4.69, 9.17) is 4.74 Å². The Hall–Kier alpha value is -3.09. The van der Waals surface area contributed by atoms with Crippen LogP contribution in [0.1, 0.15) is 18.5 Å². The predicted molar refractivity (Wildman–Crippen MR) is 125 cm³/mol. The number of sulfonamides is 1. The molecule has 11 nitrogen and oxygen atoms in total. The van der Waals surface area contributed by atoms with Crippen molar-refractivity contribution in [3.8, 4) is 0 Å². The van der Waals surface area contributed by atoms with Crippen LogP contribution in [0.25, 0.3) is 0 Å². The Bertz CT molecular complexity index is 1180. The Morgan fingerprint density at radius 1 is 1.21 bits per heavy atom. The van der Waals surface area contributed by atoms with E-state index in [1.165, 1.54) is 16.4 Å². The third-order valence-corrected chi connectivity index (χ3v) is 7.94.